The molecule has 0 bridgehead atoms. The topological polar surface area (TPSA) is 86.4 Å². The Morgan fingerprint density at radius 2 is 2.14 bits per heavy atom. The van der Waals surface area contributed by atoms with Gasteiger partial charge in [-0.25, -0.2) is 4.79 Å². The van der Waals surface area contributed by atoms with E-state index in [9.17, 15) is 23.2 Å². The molecule has 0 aromatic heterocycles. The lowest BCUT2D eigenvalue weighted by molar-refractivity contribution is -0.724. The van der Waals surface area contributed by atoms with E-state index in [4.69, 9.17) is 25.9 Å². The van der Waals surface area contributed by atoms with Crippen LogP contribution < -0.4 is 4.74 Å². The van der Waals surface area contributed by atoms with E-state index in [1.165, 1.54) is 24.1 Å². The third-order valence-electron chi connectivity index (χ3n) is 4.24. The van der Waals surface area contributed by atoms with Crippen LogP contribution >= 0.6 is 11.6 Å². The molecule has 1 fully saturated rings. The lowest BCUT2D eigenvalue weighted by atomic mass is 9.99. The summed E-state index contributed by atoms with van der Waals surface area (Å²) >= 11 is 5.94. The summed E-state index contributed by atoms with van der Waals surface area (Å²) in [6.07, 6.45) is -6.95. The van der Waals surface area contributed by atoms with Crippen LogP contribution in [0.2, 0.25) is 5.02 Å². The number of benzene rings is 1. The Morgan fingerprint density at radius 3 is 2.72 bits per heavy atom. The van der Waals surface area contributed by atoms with Crippen LogP contribution in [0, 0.1) is 12.1 Å². The molecular formula is C17H17ClF3N3O5. The number of hydrogen-bond donors (Lipinski definition) is 0. The molecule has 1 aromatic carbocycles. The Hall–Kier alpha value is -2.69. The van der Waals surface area contributed by atoms with Crippen molar-refractivity contribution in [3.63, 3.8) is 0 Å². The summed E-state index contributed by atoms with van der Waals surface area (Å²) < 4.78 is 50.4. The minimum atomic E-state index is -4.87. The van der Waals surface area contributed by atoms with E-state index in [0.717, 1.165) is 12.5 Å². The highest BCUT2D eigenvalue weighted by atomic mass is 35.5. The van der Waals surface area contributed by atoms with Crippen molar-refractivity contribution in [2.75, 3.05) is 13.1 Å². The van der Waals surface area contributed by atoms with Gasteiger partial charge in [0.1, 0.15) is 5.75 Å². The summed E-state index contributed by atoms with van der Waals surface area (Å²) in [5.74, 6) is -1.34. The van der Waals surface area contributed by atoms with Crippen molar-refractivity contribution >= 4 is 23.6 Å². The molecule has 2 heterocycles. The van der Waals surface area contributed by atoms with Crippen LogP contribution in [0.3, 0.4) is 0 Å². The first kappa shape index (κ1) is 21.0. The predicted octanol–water partition coefficient (Wildman–Crippen LogP) is 3.76. The van der Waals surface area contributed by atoms with Crippen LogP contribution in [0.1, 0.15) is 24.5 Å². The fourth-order valence-corrected chi connectivity index (χ4v) is 3.01. The van der Waals surface area contributed by atoms with Crippen molar-refractivity contribution in [1.29, 1.82) is 0 Å². The van der Waals surface area contributed by atoms with E-state index in [1.807, 2.05) is 0 Å². The normalized spacial score (nSPS) is 20.1. The summed E-state index contributed by atoms with van der Waals surface area (Å²) in [5, 5.41) is 16.3. The number of hydrogen-bond acceptors (Lipinski definition) is 6. The largest absolute Gasteiger partial charge is 0.569 e. The molecular weight excluding hydrogens is 419 g/mol. The van der Waals surface area contributed by atoms with Gasteiger partial charge in [-0.15, -0.1) is 5.01 Å². The fraction of sp³-hybridized carbons (Fsp3) is 0.471. The van der Waals surface area contributed by atoms with Gasteiger partial charge < -0.3 is 14.7 Å². The molecule has 1 saturated heterocycles. The van der Waals surface area contributed by atoms with Gasteiger partial charge in [0.15, 0.2) is 0 Å². The third-order valence-corrected chi connectivity index (χ3v) is 4.46. The summed E-state index contributed by atoms with van der Waals surface area (Å²) in [6, 6.07) is 2.83. The molecule has 8 nitrogen and oxygen atoms in total. The molecule has 2 atom stereocenters. The lowest BCUT2D eigenvalue weighted by Crippen LogP contribution is -2.42. The zero-order chi connectivity index (χ0) is 21.3. The van der Waals surface area contributed by atoms with Crippen molar-refractivity contribution in [1.82, 2.24) is 5.01 Å². The molecule has 1 unspecified atom stereocenters. The van der Waals surface area contributed by atoms with E-state index in [1.54, 1.807) is 6.92 Å². The molecule has 0 N–H and O–H groups in total. The van der Waals surface area contributed by atoms with Crippen LogP contribution in [0.15, 0.2) is 23.0 Å². The van der Waals surface area contributed by atoms with Gasteiger partial charge in [-0.2, -0.15) is 13.2 Å². The van der Waals surface area contributed by atoms with Crippen molar-refractivity contribution < 1.29 is 37.2 Å². The number of carbonyl (C=O) groups excluding carboxylic acids is 1. The molecule has 158 valence electrons. The fourth-order valence-electron chi connectivity index (χ4n) is 2.73. The van der Waals surface area contributed by atoms with Crippen molar-refractivity contribution in [2.45, 2.75) is 38.8 Å². The second-order valence-electron chi connectivity index (χ2n) is 6.50. The Morgan fingerprint density at radius 1 is 1.45 bits per heavy atom. The summed E-state index contributed by atoms with van der Waals surface area (Å²) in [6.45, 7) is 3.76. The van der Waals surface area contributed by atoms with E-state index in [-0.39, 0.29) is 21.3 Å². The first-order valence-electron chi connectivity index (χ1n) is 8.61. The van der Waals surface area contributed by atoms with Crippen molar-refractivity contribution in [3.8, 4) is 5.75 Å². The van der Waals surface area contributed by atoms with Gasteiger partial charge in [-0.05, 0) is 37.1 Å². The highest BCUT2D eigenvalue weighted by molar-refractivity contribution is 6.30. The minimum Gasteiger partial charge on any atom is -0.569 e. The highest BCUT2D eigenvalue weighted by Crippen LogP contribution is 2.40. The zero-order valence-corrected chi connectivity index (χ0v) is 16.2. The van der Waals surface area contributed by atoms with Crippen LogP contribution in [-0.4, -0.2) is 47.6 Å². The van der Waals surface area contributed by atoms with E-state index in [0.29, 0.717) is 18.7 Å². The Labute approximate surface area is 168 Å². The van der Waals surface area contributed by atoms with E-state index < -0.39 is 30.1 Å². The molecule has 1 aromatic rings. The first-order chi connectivity index (χ1) is 13.6. The van der Waals surface area contributed by atoms with Crippen LogP contribution in [0.25, 0.3) is 6.08 Å². The van der Waals surface area contributed by atoms with Gasteiger partial charge in [0.2, 0.25) is 11.4 Å². The zero-order valence-electron chi connectivity index (χ0n) is 15.4. The number of hydrazine groups is 1. The second kappa shape index (κ2) is 7.97. The lowest BCUT2D eigenvalue weighted by Gasteiger charge is -2.29. The predicted molar refractivity (Wildman–Crippen MR) is 93.5 cm³/mol. The average Bonchev–Trinajstić information content (AvgIpc) is 2.56. The molecule has 12 heteroatoms. The third kappa shape index (κ3) is 4.66. The number of alkyl halides is 3. The number of ether oxygens (including phenoxy) is 2. The monoisotopic (exact) mass is 435 g/mol. The molecule has 3 rings (SSSR count). The number of fused-ring (bicyclic) bond motifs is 1. The molecule has 0 amide bonds. The van der Waals surface area contributed by atoms with Crippen molar-refractivity contribution in [2.24, 2.45) is 5.28 Å². The van der Waals surface area contributed by atoms with Gasteiger partial charge in [-0.1, -0.05) is 11.6 Å². The van der Waals surface area contributed by atoms with Gasteiger partial charge in [-0.3, -0.25) is 4.84 Å². The minimum absolute atomic E-state index is 0.0240. The van der Waals surface area contributed by atoms with E-state index >= 15 is 0 Å². The molecule has 2 aliphatic rings. The number of aryl methyl sites for hydroxylation is 1. The number of esters is 1. The summed E-state index contributed by atoms with van der Waals surface area (Å²) in [7, 11) is 0. The molecule has 2 aliphatic heterocycles. The van der Waals surface area contributed by atoms with Crippen LogP contribution in [0.4, 0.5) is 13.2 Å². The Balaban J connectivity index is 1.79. The number of nitrogens with zero attached hydrogens (tertiary/aromatic N) is 3. The van der Waals surface area contributed by atoms with Gasteiger partial charge >= 0.3 is 12.1 Å². The van der Waals surface area contributed by atoms with Gasteiger partial charge in [0.25, 0.3) is 6.29 Å². The average molecular weight is 436 g/mol. The second-order valence-corrected chi connectivity index (χ2v) is 6.94. The van der Waals surface area contributed by atoms with E-state index in [2.05, 4.69) is 5.28 Å². The highest BCUT2D eigenvalue weighted by Gasteiger charge is 2.49. The molecule has 0 spiro atoms. The Kier molecular flexibility index (Phi) is 5.78. The maximum atomic E-state index is 13.5. The van der Waals surface area contributed by atoms with Crippen LogP contribution in [0.5, 0.6) is 5.75 Å². The van der Waals surface area contributed by atoms with Crippen molar-refractivity contribution in [3.05, 3.63) is 39.1 Å². The maximum Gasteiger partial charge on any atom is 0.430 e. The SMILES string of the molecule is Cc1cc(Cl)cc2c1O[C@H](C(F)(F)F)C(C(=O)OC(C)O/N=[N+](\[O-])N1CCC1)=C2. The maximum absolute atomic E-state index is 13.5. The standard InChI is InChI=1S/C17H17ClF3N3O5/c1-9-6-12(18)7-11-8-13(15(17(19,20)21)28-14(9)11)16(25)27-10(2)29-22-24(26)23-4-3-5-23/h6-8,10,15H,3-5H2,1-2H3/b24-22-/t10?,15-/m0/s1. The first-order valence-corrected chi connectivity index (χ1v) is 8.99. The number of carbonyl (C=O) groups is 1. The number of rotatable bonds is 5. The molecule has 0 saturated carbocycles. The molecule has 0 radical (unpaired) electrons. The quantitative estimate of drug-likeness (QED) is 0.230. The summed E-state index contributed by atoms with van der Waals surface area (Å²) in [4.78, 5) is 17.3. The molecule has 0 aliphatic carbocycles. The smallest absolute Gasteiger partial charge is 0.430 e. The molecule has 29 heavy (non-hydrogen) atoms. The van der Waals surface area contributed by atoms with Gasteiger partial charge in [0, 0.05) is 17.5 Å². The van der Waals surface area contributed by atoms with Gasteiger partial charge in [0.05, 0.1) is 23.6 Å². The Bertz CT molecular complexity index is 871. The summed E-state index contributed by atoms with van der Waals surface area (Å²) in [5.41, 5.74) is -0.171. The van der Waals surface area contributed by atoms with Crippen LogP contribution in [-0.2, 0) is 14.4 Å². The number of halogens is 4.